The standard InChI is InChI=1S/C17H38NO2S/c1-5-6-7-8-9-10-11-12-13-14-15-18(2,3)16-17-21(4,19)20/h5-17H2,1-4H3/q+1. The van der Waals surface area contributed by atoms with E-state index in [0.717, 1.165) is 17.6 Å². The fourth-order valence-electron chi connectivity index (χ4n) is 2.55. The van der Waals surface area contributed by atoms with Crippen LogP contribution in [0.3, 0.4) is 0 Å². The smallest absolute Gasteiger partial charge is 0.152 e. The zero-order valence-electron chi connectivity index (χ0n) is 14.9. The summed E-state index contributed by atoms with van der Waals surface area (Å²) in [6.45, 7) is 4.08. The molecule has 0 aromatic rings. The average molecular weight is 321 g/mol. The van der Waals surface area contributed by atoms with Gasteiger partial charge < -0.3 is 4.48 Å². The quantitative estimate of drug-likeness (QED) is 0.358. The van der Waals surface area contributed by atoms with Gasteiger partial charge in [-0.1, -0.05) is 58.3 Å². The van der Waals surface area contributed by atoms with E-state index in [1.807, 2.05) is 0 Å². The van der Waals surface area contributed by atoms with Gasteiger partial charge in [0.05, 0.1) is 32.9 Å². The first-order valence-corrected chi connectivity index (χ1v) is 10.8. The van der Waals surface area contributed by atoms with E-state index in [1.54, 1.807) is 0 Å². The first kappa shape index (κ1) is 20.9. The van der Waals surface area contributed by atoms with E-state index in [1.165, 1.54) is 70.5 Å². The summed E-state index contributed by atoms with van der Waals surface area (Å²) in [5.41, 5.74) is 0. The Balaban J connectivity index is 3.44. The van der Waals surface area contributed by atoms with Crippen LogP contribution in [-0.4, -0.2) is 52.1 Å². The summed E-state index contributed by atoms with van der Waals surface area (Å²) in [6.07, 6.45) is 14.8. The van der Waals surface area contributed by atoms with Gasteiger partial charge >= 0.3 is 0 Å². The molecule has 0 aliphatic carbocycles. The highest BCUT2D eigenvalue weighted by Gasteiger charge is 2.17. The van der Waals surface area contributed by atoms with Crippen LogP contribution in [0.5, 0.6) is 0 Å². The predicted octanol–water partition coefficient (Wildman–Crippen LogP) is 4.03. The highest BCUT2D eigenvalue weighted by atomic mass is 32.2. The highest BCUT2D eigenvalue weighted by Crippen LogP contribution is 2.11. The number of unbranched alkanes of at least 4 members (excludes halogenated alkanes) is 9. The fourth-order valence-corrected chi connectivity index (χ4v) is 3.38. The van der Waals surface area contributed by atoms with Crippen molar-refractivity contribution in [1.82, 2.24) is 0 Å². The van der Waals surface area contributed by atoms with E-state index < -0.39 is 9.84 Å². The van der Waals surface area contributed by atoms with Crippen molar-refractivity contribution in [3.63, 3.8) is 0 Å². The topological polar surface area (TPSA) is 34.1 Å². The summed E-state index contributed by atoms with van der Waals surface area (Å²) in [7, 11) is 1.45. The third kappa shape index (κ3) is 16.1. The molecule has 0 aromatic carbocycles. The first-order valence-electron chi connectivity index (χ1n) is 8.76. The minimum Gasteiger partial charge on any atom is -0.328 e. The molecule has 128 valence electrons. The van der Waals surface area contributed by atoms with Crippen molar-refractivity contribution >= 4 is 9.84 Å². The second-order valence-electron chi connectivity index (χ2n) is 7.19. The molecule has 0 aromatic heterocycles. The Labute approximate surface area is 133 Å². The van der Waals surface area contributed by atoms with Gasteiger partial charge in [0.1, 0.15) is 0 Å². The molecule has 0 N–H and O–H groups in total. The summed E-state index contributed by atoms with van der Waals surface area (Å²) >= 11 is 0. The lowest BCUT2D eigenvalue weighted by Crippen LogP contribution is -2.43. The average Bonchev–Trinajstić information content (AvgIpc) is 2.38. The SMILES string of the molecule is CCCCCCCCCCCC[N+](C)(C)CCS(C)(=O)=O. The Hall–Kier alpha value is -0.0900. The van der Waals surface area contributed by atoms with Gasteiger partial charge in [0, 0.05) is 6.26 Å². The maximum atomic E-state index is 11.2. The molecule has 21 heavy (non-hydrogen) atoms. The van der Waals surface area contributed by atoms with Crippen LogP contribution in [0.4, 0.5) is 0 Å². The van der Waals surface area contributed by atoms with Crippen molar-refractivity contribution in [3.8, 4) is 0 Å². The Kier molecular flexibility index (Phi) is 11.4. The fraction of sp³-hybridized carbons (Fsp3) is 1.00. The lowest BCUT2D eigenvalue weighted by Gasteiger charge is -2.29. The van der Waals surface area contributed by atoms with E-state index in [-0.39, 0.29) is 0 Å². The van der Waals surface area contributed by atoms with Gasteiger partial charge in [-0.25, -0.2) is 8.42 Å². The summed E-state index contributed by atoms with van der Waals surface area (Å²) < 4.78 is 23.2. The van der Waals surface area contributed by atoms with Gasteiger partial charge in [0.2, 0.25) is 0 Å². The summed E-state index contributed by atoms with van der Waals surface area (Å²) in [4.78, 5) is 0. The molecule has 0 heterocycles. The number of hydrogen-bond donors (Lipinski definition) is 0. The Morgan fingerprint density at radius 1 is 0.714 bits per heavy atom. The summed E-state index contributed by atoms with van der Waals surface area (Å²) in [6, 6.07) is 0. The van der Waals surface area contributed by atoms with Crippen molar-refractivity contribution in [2.24, 2.45) is 0 Å². The maximum Gasteiger partial charge on any atom is 0.152 e. The van der Waals surface area contributed by atoms with Crippen LogP contribution < -0.4 is 0 Å². The minimum atomic E-state index is -2.83. The Morgan fingerprint density at radius 2 is 1.14 bits per heavy atom. The zero-order chi connectivity index (χ0) is 16.2. The van der Waals surface area contributed by atoms with Crippen LogP contribution in [0, 0.1) is 0 Å². The number of hydrogen-bond acceptors (Lipinski definition) is 2. The lowest BCUT2D eigenvalue weighted by molar-refractivity contribution is -0.888. The second kappa shape index (κ2) is 11.5. The molecular weight excluding hydrogens is 282 g/mol. The van der Waals surface area contributed by atoms with Crippen molar-refractivity contribution in [2.45, 2.75) is 71.1 Å². The van der Waals surface area contributed by atoms with Gasteiger partial charge in [0.15, 0.2) is 9.84 Å². The molecular formula is C17H38NO2S+. The molecule has 0 rings (SSSR count). The van der Waals surface area contributed by atoms with Gasteiger partial charge in [-0.15, -0.1) is 0 Å². The maximum absolute atomic E-state index is 11.2. The normalized spacial score (nSPS) is 12.8. The number of quaternary nitrogens is 1. The van der Waals surface area contributed by atoms with Crippen molar-refractivity contribution in [2.75, 3.05) is 39.2 Å². The molecule has 0 unspecified atom stereocenters. The monoisotopic (exact) mass is 320 g/mol. The third-order valence-electron chi connectivity index (χ3n) is 4.18. The molecule has 0 saturated heterocycles. The van der Waals surface area contributed by atoms with Crippen molar-refractivity contribution in [1.29, 1.82) is 0 Å². The van der Waals surface area contributed by atoms with Crippen LogP contribution in [0.2, 0.25) is 0 Å². The number of nitrogens with zero attached hydrogens (tertiary/aromatic N) is 1. The molecule has 0 aliphatic rings. The number of rotatable bonds is 14. The molecule has 3 nitrogen and oxygen atoms in total. The van der Waals surface area contributed by atoms with Crippen LogP contribution in [0.25, 0.3) is 0 Å². The van der Waals surface area contributed by atoms with Gasteiger partial charge in [-0.3, -0.25) is 0 Å². The van der Waals surface area contributed by atoms with Crippen molar-refractivity contribution in [3.05, 3.63) is 0 Å². The zero-order valence-corrected chi connectivity index (χ0v) is 15.7. The largest absolute Gasteiger partial charge is 0.328 e. The molecule has 0 amide bonds. The predicted molar refractivity (Wildman–Crippen MR) is 93.4 cm³/mol. The van der Waals surface area contributed by atoms with Crippen LogP contribution >= 0.6 is 0 Å². The van der Waals surface area contributed by atoms with Gasteiger partial charge in [-0.2, -0.15) is 0 Å². The van der Waals surface area contributed by atoms with E-state index in [2.05, 4.69) is 21.0 Å². The van der Waals surface area contributed by atoms with E-state index in [9.17, 15) is 8.42 Å². The van der Waals surface area contributed by atoms with E-state index >= 15 is 0 Å². The van der Waals surface area contributed by atoms with Crippen LogP contribution in [0.15, 0.2) is 0 Å². The Bertz CT molecular complexity index is 337. The summed E-state index contributed by atoms with van der Waals surface area (Å²) in [5, 5.41) is 0. The minimum absolute atomic E-state index is 0.303. The van der Waals surface area contributed by atoms with Crippen LogP contribution in [0.1, 0.15) is 71.1 Å². The molecule has 0 radical (unpaired) electrons. The summed E-state index contributed by atoms with van der Waals surface area (Å²) in [5.74, 6) is 0.303. The molecule has 0 bridgehead atoms. The molecule has 0 spiro atoms. The molecule has 0 aliphatic heterocycles. The molecule has 4 heteroatoms. The van der Waals surface area contributed by atoms with Gasteiger partial charge in [-0.05, 0) is 12.8 Å². The highest BCUT2D eigenvalue weighted by molar-refractivity contribution is 7.90. The second-order valence-corrected chi connectivity index (χ2v) is 9.45. The molecule has 0 atom stereocenters. The van der Waals surface area contributed by atoms with Crippen LogP contribution in [-0.2, 0) is 9.84 Å². The Morgan fingerprint density at radius 3 is 1.57 bits per heavy atom. The van der Waals surface area contributed by atoms with Crippen molar-refractivity contribution < 1.29 is 12.9 Å². The lowest BCUT2D eigenvalue weighted by atomic mass is 10.1. The van der Waals surface area contributed by atoms with E-state index in [0.29, 0.717) is 5.75 Å². The van der Waals surface area contributed by atoms with E-state index in [4.69, 9.17) is 0 Å². The molecule has 0 saturated carbocycles. The third-order valence-corrected chi connectivity index (χ3v) is 5.11. The van der Waals surface area contributed by atoms with Gasteiger partial charge in [0.25, 0.3) is 0 Å². The first-order chi connectivity index (χ1) is 9.77. The number of sulfone groups is 1. The molecule has 0 fully saturated rings.